The second-order valence-corrected chi connectivity index (χ2v) is 5.17. The SMILES string of the molecule is Nc1ncnc2c1ncn2[C@H]1O[C@@H](I)C(O)C1O. The lowest BCUT2D eigenvalue weighted by Gasteiger charge is -2.16. The average Bonchev–Trinajstić information content (AvgIpc) is 2.88. The summed E-state index contributed by atoms with van der Waals surface area (Å²) in [7, 11) is 0. The zero-order valence-electron chi connectivity index (χ0n) is 9.01. The second-order valence-electron chi connectivity index (χ2n) is 3.94. The van der Waals surface area contributed by atoms with Gasteiger partial charge in [-0.25, -0.2) is 15.0 Å². The second kappa shape index (κ2) is 4.26. The number of fused-ring (bicyclic) bond motifs is 1. The molecule has 0 saturated carbocycles. The number of hydrogen-bond acceptors (Lipinski definition) is 7. The van der Waals surface area contributed by atoms with Crippen LogP contribution in [-0.4, -0.2) is 46.1 Å². The lowest BCUT2D eigenvalue weighted by molar-refractivity contribution is -0.0178. The van der Waals surface area contributed by atoms with Crippen LogP contribution in [-0.2, 0) is 4.74 Å². The number of aromatic nitrogens is 4. The summed E-state index contributed by atoms with van der Waals surface area (Å²) in [6, 6.07) is 0. The van der Waals surface area contributed by atoms with Crippen LogP contribution in [0.1, 0.15) is 6.23 Å². The third-order valence-corrected chi connectivity index (χ3v) is 3.87. The van der Waals surface area contributed by atoms with E-state index in [4.69, 9.17) is 10.5 Å². The van der Waals surface area contributed by atoms with Gasteiger partial charge in [0.05, 0.1) is 6.33 Å². The van der Waals surface area contributed by atoms with Gasteiger partial charge in [0.1, 0.15) is 28.2 Å². The van der Waals surface area contributed by atoms with Crippen molar-refractivity contribution < 1.29 is 14.9 Å². The molecule has 3 rings (SSSR count). The van der Waals surface area contributed by atoms with Gasteiger partial charge in [0.2, 0.25) is 0 Å². The third kappa shape index (κ3) is 1.66. The molecule has 8 nitrogen and oxygen atoms in total. The van der Waals surface area contributed by atoms with Crippen molar-refractivity contribution in [1.82, 2.24) is 19.5 Å². The van der Waals surface area contributed by atoms with E-state index in [-0.39, 0.29) is 5.82 Å². The van der Waals surface area contributed by atoms with Crippen molar-refractivity contribution in [3.05, 3.63) is 12.7 Å². The highest BCUT2D eigenvalue weighted by Crippen LogP contribution is 2.34. The maximum absolute atomic E-state index is 9.93. The Kier molecular flexibility index (Phi) is 2.84. The summed E-state index contributed by atoms with van der Waals surface area (Å²) in [6.07, 6.45) is 0.0501. The highest BCUT2D eigenvalue weighted by molar-refractivity contribution is 14.1. The van der Waals surface area contributed by atoms with Crippen LogP contribution >= 0.6 is 22.6 Å². The fourth-order valence-corrected chi connectivity index (χ4v) is 2.63. The molecule has 1 saturated heterocycles. The van der Waals surface area contributed by atoms with Gasteiger partial charge in [0, 0.05) is 0 Å². The summed E-state index contributed by atoms with van der Waals surface area (Å²) in [5.74, 6) is 0.262. The van der Waals surface area contributed by atoms with E-state index in [0.29, 0.717) is 11.2 Å². The number of ether oxygens (including phenoxy) is 1. The van der Waals surface area contributed by atoms with Crippen LogP contribution in [0.3, 0.4) is 0 Å². The van der Waals surface area contributed by atoms with Crippen molar-refractivity contribution in [2.24, 2.45) is 0 Å². The van der Waals surface area contributed by atoms with Gasteiger partial charge in [-0.2, -0.15) is 0 Å². The summed E-state index contributed by atoms with van der Waals surface area (Å²) in [4.78, 5) is 12.0. The lowest BCUT2D eigenvalue weighted by Crippen LogP contribution is -2.29. The Bertz CT molecular complexity index is 591. The maximum Gasteiger partial charge on any atom is 0.167 e. The molecule has 2 unspecified atom stereocenters. The zero-order valence-corrected chi connectivity index (χ0v) is 11.2. The van der Waals surface area contributed by atoms with Crippen LogP contribution in [0.4, 0.5) is 5.82 Å². The zero-order chi connectivity index (χ0) is 12.9. The molecule has 18 heavy (non-hydrogen) atoms. The molecule has 0 aliphatic carbocycles. The molecule has 1 aliphatic rings. The number of hydrogen-bond donors (Lipinski definition) is 3. The third-order valence-electron chi connectivity index (χ3n) is 2.84. The normalized spacial score (nSPS) is 32.2. The van der Waals surface area contributed by atoms with E-state index in [2.05, 4.69) is 15.0 Å². The first-order chi connectivity index (χ1) is 8.59. The summed E-state index contributed by atoms with van der Waals surface area (Å²) in [5.41, 5.74) is 6.58. The number of nitrogens with zero attached hydrogens (tertiary/aromatic N) is 4. The summed E-state index contributed by atoms with van der Waals surface area (Å²) in [5, 5.41) is 19.6. The Morgan fingerprint density at radius 3 is 2.72 bits per heavy atom. The number of nitrogen functional groups attached to an aromatic ring is 1. The molecular formula is C9H10IN5O3. The van der Waals surface area contributed by atoms with E-state index < -0.39 is 22.5 Å². The smallest absolute Gasteiger partial charge is 0.167 e. The molecule has 4 N–H and O–H groups in total. The Hall–Kier alpha value is -1.04. The Labute approximate surface area is 115 Å². The molecule has 1 aliphatic heterocycles. The van der Waals surface area contributed by atoms with Crippen molar-refractivity contribution in [2.75, 3.05) is 5.73 Å². The van der Waals surface area contributed by atoms with Crippen molar-refractivity contribution in [1.29, 1.82) is 0 Å². The number of aliphatic hydroxyl groups excluding tert-OH is 2. The summed E-state index contributed by atoms with van der Waals surface area (Å²) >= 11 is 1.92. The van der Waals surface area contributed by atoms with E-state index in [1.807, 2.05) is 22.6 Å². The largest absolute Gasteiger partial charge is 0.387 e. The molecule has 9 heteroatoms. The van der Waals surface area contributed by atoms with Gasteiger partial charge in [0.15, 0.2) is 17.7 Å². The number of halogens is 1. The number of anilines is 1. The predicted molar refractivity (Wildman–Crippen MR) is 69.7 cm³/mol. The van der Waals surface area contributed by atoms with E-state index in [0.717, 1.165) is 0 Å². The van der Waals surface area contributed by atoms with Crippen LogP contribution in [0.5, 0.6) is 0 Å². The minimum Gasteiger partial charge on any atom is -0.387 e. The Balaban J connectivity index is 2.08. The van der Waals surface area contributed by atoms with Gasteiger partial charge < -0.3 is 20.7 Å². The topological polar surface area (TPSA) is 119 Å². The monoisotopic (exact) mass is 363 g/mol. The first-order valence-electron chi connectivity index (χ1n) is 5.18. The number of nitrogens with two attached hydrogens (primary N) is 1. The van der Waals surface area contributed by atoms with Crippen LogP contribution in [0.15, 0.2) is 12.7 Å². The number of aliphatic hydroxyl groups is 2. The molecule has 0 radical (unpaired) electrons. The molecule has 2 aromatic rings. The van der Waals surface area contributed by atoms with E-state index in [9.17, 15) is 10.2 Å². The van der Waals surface area contributed by atoms with Crippen LogP contribution in [0.25, 0.3) is 11.2 Å². The van der Waals surface area contributed by atoms with Gasteiger partial charge in [-0.1, -0.05) is 0 Å². The molecule has 3 heterocycles. The highest BCUT2D eigenvalue weighted by Gasteiger charge is 2.43. The molecule has 96 valence electrons. The van der Waals surface area contributed by atoms with Crippen LogP contribution < -0.4 is 5.73 Å². The molecule has 0 bridgehead atoms. The Morgan fingerprint density at radius 1 is 1.28 bits per heavy atom. The number of alkyl halides is 1. The first kappa shape index (κ1) is 12.0. The minimum atomic E-state index is -1.04. The van der Waals surface area contributed by atoms with Gasteiger partial charge in [-0.05, 0) is 22.6 Å². The molecular weight excluding hydrogens is 353 g/mol. The predicted octanol–water partition coefficient (Wildman–Crippen LogP) is -0.580. The maximum atomic E-state index is 9.93. The molecule has 0 amide bonds. The van der Waals surface area contributed by atoms with Gasteiger partial charge in [0.25, 0.3) is 0 Å². The standard InChI is InChI=1S/C9H10IN5O3/c10-6-4(16)5(17)9(18-6)15-2-14-3-7(11)12-1-13-8(3)15/h1-2,4-6,9,16-17H,(H2,11,12,13)/t4?,5?,6-,9+/m1/s1. The molecule has 0 aromatic carbocycles. The average molecular weight is 363 g/mol. The summed E-state index contributed by atoms with van der Waals surface area (Å²) < 4.78 is 6.54. The van der Waals surface area contributed by atoms with Crippen molar-refractivity contribution in [3.63, 3.8) is 0 Å². The van der Waals surface area contributed by atoms with E-state index in [1.54, 1.807) is 4.57 Å². The van der Waals surface area contributed by atoms with Gasteiger partial charge >= 0.3 is 0 Å². The lowest BCUT2D eigenvalue weighted by atomic mass is 10.2. The Morgan fingerprint density at radius 2 is 2.06 bits per heavy atom. The van der Waals surface area contributed by atoms with Gasteiger partial charge in [-0.15, -0.1) is 0 Å². The van der Waals surface area contributed by atoms with Gasteiger partial charge in [-0.3, -0.25) is 4.57 Å². The number of rotatable bonds is 1. The molecule has 4 atom stereocenters. The fourth-order valence-electron chi connectivity index (χ4n) is 1.90. The van der Waals surface area contributed by atoms with Crippen molar-refractivity contribution in [3.8, 4) is 0 Å². The molecule has 0 spiro atoms. The number of imidazole rings is 1. The first-order valence-corrected chi connectivity index (χ1v) is 6.43. The van der Waals surface area contributed by atoms with Crippen LogP contribution in [0.2, 0.25) is 0 Å². The summed E-state index contributed by atoms with van der Waals surface area (Å²) in [6.45, 7) is 0. The van der Waals surface area contributed by atoms with E-state index in [1.165, 1.54) is 12.7 Å². The van der Waals surface area contributed by atoms with Crippen molar-refractivity contribution in [2.45, 2.75) is 22.5 Å². The van der Waals surface area contributed by atoms with Crippen LogP contribution in [0, 0.1) is 0 Å². The highest BCUT2D eigenvalue weighted by atomic mass is 127. The fraction of sp³-hybridized carbons (Fsp3) is 0.444. The molecule has 1 fully saturated rings. The minimum absolute atomic E-state index is 0.262. The van der Waals surface area contributed by atoms with E-state index >= 15 is 0 Å². The van der Waals surface area contributed by atoms with Crippen molar-refractivity contribution >= 4 is 39.6 Å². The molecule has 2 aromatic heterocycles. The quantitative estimate of drug-likeness (QED) is 0.458.